The summed E-state index contributed by atoms with van der Waals surface area (Å²) in [5, 5.41) is 3.49. The molecule has 0 aliphatic heterocycles. The molecule has 0 aliphatic rings. The number of hydrogen-bond donors (Lipinski definition) is 1. The molecule has 0 aliphatic carbocycles. The van der Waals surface area contributed by atoms with Crippen molar-refractivity contribution in [3.63, 3.8) is 0 Å². The van der Waals surface area contributed by atoms with E-state index < -0.39 is 0 Å². The average molecular weight is 241 g/mol. The molecule has 1 aromatic carbocycles. The molecule has 0 radical (unpaired) electrons. The Morgan fingerprint density at radius 2 is 1.89 bits per heavy atom. The number of nitrogens with zero attached hydrogens (tertiary/aromatic N) is 2. The molecule has 94 valence electrons. The highest BCUT2D eigenvalue weighted by Crippen LogP contribution is 2.15. The maximum absolute atomic E-state index is 4.30. The van der Waals surface area contributed by atoms with Crippen molar-refractivity contribution < 1.29 is 0 Å². The van der Waals surface area contributed by atoms with Gasteiger partial charge in [0.2, 0.25) is 0 Å². The van der Waals surface area contributed by atoms with E-state index in [0.29, 0.717) is 5.92 Å². The minimum atomic E-state index is 0.227. The number of hydrogen-bond acceptors (Lipinski definition) is 3. The molecule has 2 unspecified atom stereocenters. The highest BCUT2D eigenvalue weighted by Gasteiger charge is 2.09. The fraction of sp³-hybridized carbons (Fsp3) is 0.333. The molecule has 0 amide bonds. The van der Waals surface area contributed by atoms with Gasteiger partial charge in [0.15, 0.2) is 0 Å². The maximum Gasteiger partial charge on any atom is 0.0753 e. The minimum absolute atomic E-state index is 0.227. The summed E-state index contributed by atoms with van der Waals surface area (Å²) >= 11 is 0. The van der Waals surface area contributed by atoms with E-state index in [1.807, 2.05) is 12.3 Å². The second kappa shape index (κ2) is 6.26. The van der Waals surface area contributed by atoms with Gasteiger partial charge in [-0.05, 0) is 18.4 Å². The lowest BCUT2D eigenvalue weighted by Crippen LogP contribution is -2.24. The van der Waals surface area contributed by atoms with Crippen molar-refractivity contribution in [2.45, 2.75) is 25.8 Å². The average Bonchev–Trinajstić information content (AvgIpc) is 2.46. The summed E-state index contributed by atoms with van der Waals surface area (Å²) in [6.07, 6.45) is 5.24. The lowest BCUT2D eigenvalue weighted by atomic mass is 10.0. The first kappa shape index (κ1) is 12.7. The maximum atomic E-state index is 4.30. The van der Waals surface area contributed by atoms with Gasteiger partial charge < -0.3 is 5.32 Å². The second-order valence-corrected chi connectivity index (χ2v) is 4.57. The van der Waals surface area contributed by atoms with Crippen molar-refractivity contribution >= 4 is 0 Å². The van der Waals surface area contributed by atoms with Gasteiger partial charge in [0.25, 0.3) is 0 Å². The fourth-order valence-electron chi connectivity index (χ4n) is 1.89. The number of aromatic nitrogens is 2. The molecular formula is C15H19N3. The molecule has 3 nitrogen and oxygen atoms in total. The van der Waals surface area contributed by atoms with E-state index in [1.54, 1.807) is 12.4 Å². The first-order chi connectivity index (χ1) is 8.77. The molecule has 2 rings (SSSR count). The first-order valence-electron chi connectivity index (χ1n) is 6.31. The monoisotopic (exact) mass is 241 g/mol. The smallest absolute Gasteiger partial charge is 0.0753 e. The van der Waals surface area contributed by atoms with Crippen LogP contribution in [0.3, 0.4) is 0 Å². The number of rotatable bonds is 5. The largest absolute Gasteiger partial charge is 0.308 e. The van der Waals surface area contributed by atoms with Crippen LogP contribution in [0, 0.1) is 0 Å². The van der Waals surface area contributed by atoms with Crippen LogP contribution in [-0.4, -0.2) is 16.5 Å². The third-order valence-electron chi connectivity index (χ3n) is 3.13. The Balaban J connectivity index is 1.89. The van der Waals surface area contributed by atoms with Crippen molar-refractivity contribution in [3.8, 4) is 0 Å². The molecule has 2 atom stereocenters. The summed E-state index contributed by atoms with van der Waals surface area (Å²) < 4.78 is 0. The molecule has 0 saturated carbocycles. The van der Waals surface area contributed by atoms with Gasteiger partial charge in [-0.3, -0.25) is 9.97 Å². The molecule has 0 spiro atoms. The predicted octanol–water partition coefficient (Wildman–Crippen LogP) is 2.93. The van der Waals surface area contributed by atoms with Gasteiger partial charge in [0.1, 0.15) is 0 Å². The molecule has 1 heterocycles. The van der Waals surface area contributed by atoms with E-state index in [9.17, 15) is 0 Å². The van der Waals surface area contributed by atoms with Crippen LogP contribution in [0.4, 0.5) is 0 Å². The number of benzene rings is 1. The Kier molecular flexibility index (Phi) is 4.42. The van der Waals surface area contributed by atoms with Gasteiger partial charge in [-0.15, -0.1) is 0 Å². The Hall–Kier alpha value is -1.74. The van der Waals surface area contributed by atoms with E-state index in [4.69, 9.17) is 0 Å². The Morgan fingerprint density at radius 3 is 2.56 bits per heavy atom. The van der Waals surface area contributed by atoms with E-state index >= 15 is 0 Å². The van der Waals surface area contributed by atoms with Crippen LogP contribution in [0.25, 0.3) is 0 Å². The third-order valence-corrected chi connectivity index (χ3v) is 3.13. The van der Waals surface area contributed by atoms with Gasteiger partial charge >= 0.3 is 0 Å². The molecule has 1 N–H and O–H groups in total. The summed E-state index contributed by atoms with van der Waals surface area (Å²) in [5.41, 5.74) is 2.34. The van der Waals surface area contributed by atoms with Crippen LogP contribution >= 0.6 is 0 Å². The van der Waals surface area contributed by atoms with E-state index in [1.165, 1.54) is 5.56 Å². The van der Waals surface area contributed by atoms with E-state index in [2.05, 4.69) is 53.4 Å². The molecule has 0 bridgehead atoms. The minimum Gasteiger partial charge on any atom is -0.308 e. The van der Waals surface area contributed by atoms with Crippen molar-refractivity contribution in [1.82, 2.24) is 15.3 Å². The molecule has 2 aromatic rings. The Labute approximate surface area is 108 Å². The molecule has 18 heavy (non-hydrogen) atoms. The van der Waals surface area contributed by atoms with Crippen molar-refractivity contribution in [3.05, 3.63) is 60.2 Å². The van der Waals surface area contributed by atoms with Gasteiger partial charge in [-0.2, -0.15) is 0 Å². The van der Waals surface area contributed by atoms with Gasteiger partial charge in [-0.25, -0.2) is 0 Å². The van der Waals surface area contributed by atoms with Crippen molar-refractivity contribution in [1.29, 1.82) is 0 Å². The molecule has 0 saturated heterocycles. The fourth-order valence-corrected chi connectivity index (χ4v) is 1.89. The van der Waals surface area contributed by atoms with Gasteiger partial charge in [-0.1, -0.05) is 37.3 Å². The highest BCUT2D eigenvalue weighted by atomic mass is 14.9. The predicted molar refractivity (Wildman–Crippen MR) is 73.3 cm³/mol. The summed E-state index contributed by atoms with van der Waals surface area (Å²) in [4.78, 5) is 8.39. The summed E-state index contributed by atoms with van der Waals surface area (Å²) in [5.74, 6) is 0.491. The lowest BCUT2D eigenvalue weighted by molar-refractivity contribution is 0.526. The first-order valence-corrected chi connectivity index (χ1v) is 6.31. The molecule has 3 heteroatoms. The van der Waals surface area contributed by atoms with Gasteiger partial charge in [0, 0.05) is 31.2 Å². The zero-order valence-electron chi connectivity index (χ0n) is 10.9. The lowest BCUT2D eigenvalue weighted by Gasteiger charge is -2.17. The van der Waals surface area contributed by atoms with E-state index in [0.717, 1.165) is 12.2 Å². The van der Waals surface area contributed by atoms with E-state index in [-0.39, 0.29) is 6.04 Å². The SMILES string of the molecule is CC(CNC(C)c1cnccn1)c1ccccc1. The summed E-state index contributed by atoms with van der Waals surface area (Å²) in [6, 6.07) is 10.8. The van der Waals surface area contributed by atoms with Gasteiger partial charge in [0.05, 0.1) is 5.69 Å². The van der Waals surface area contributed by atoms with Crippen LogP contribution in [0.5, 0.6) is 0 Å². The summed E-state index contributed by atoms with van der Waals surface area (Å²) in [7, 11) is 0. The topological polar surface area (TPSA) is 37.8 Å². The van der Waals surface area contributed by atoms with Crippen molar-refractivity contribution in [2.24, 2.45) is 0 Å². The van der Waals surface area contributed by atoms with Crippen LogP contribution in [0.1, 0.15) is 37.1 Å². The third kappa shape index (κ3) is 3.37. The molecule has 1 aromatic heterocycles. The van der Waals surface area contributed by atoms with Crippen molar-refractivity contribution in [2.75, 3.05) is 6.54 Å². The van der Waals surface area contributed by atoms with Crippen LogP contribution < -0.4 is 5.32 Å². The molecular weight excluding hydrogens is 222 g/mol. The van der Waals surface area contributed by atoms with Crippen LogP contribution in [-0.2, 0) is 0 Å². The number of nitrogens with one attached hydrogen (secondary N) is 1. The normalized spacial score (nSPS) is 14.1. The van der Waals surface area contributed by atoms with Crippen LogP contribution in [0.2, 0.25) is 0 Å². The quantitative estimate of drug-likeness (QED) is 0.874. The summed E-state index contributed by atoms with van der Waals surface area (Å²) in [6.45, 7) is 5.27. The zero-order chi connectivity index (χ0) is 12.8. The Morgan fingerprint density at radius 1 is 1.11 bits per heavy atom. The van der Waals surface area contributed by atoms with Crippen LogP contribution in [0.15, 0.2) is 48.9 Å². The highest BCUT2D eigenvalue weighted by molar-refractivity contribution is 5.19. The second-order valence-electron chi connectivity index (χ2n) is 4.57. The molecule has 0 fully saturated rings. The Bertz CT molecular complexity index is 410. The zero-order valence-corrected chi connectivity index (χ0v) is 10.9. The standard InChI is InChI=1S/C15H19N3/c1-12(14-6-4-3-5-7-14)10-18-13(2)15-11-16-8-9-17-15/h3-9,11-13,18H,10H2,1-2H3.